The molecule has 0 aliphatic carbocycles. The zero-order valence-corrected chi connectivity index (χ0v) is 30.4. The third-order valence-electron chi connectivity index (χ3n) is 11.1. The smallest absolute Gasteiger partial charge is 0.167 e. The number of furan rings is 2. The van der Waals surface area contributed by atoms with Gasteiger partial charge in [0.1, 0.15) is 22.3 Å². The maximum atomic E-state index is 6.93. The Morgan fingerprint density at radius 3 is 1.60 bits per heavy atom. The fourth-order valence-electron chi connectivity index (χ4n) is 8.56. The van der Waals surface area contributed by atoms with E-state index < -0.39 is 0 Å². The van der Waals surface area contributed by atoms with Crippen molar-refractivity contribution >= 4 is 65.7 Å². The first-order valence-electron chi connectivity index (χ1n) is 19.0. The molecule has 6 nitrogen and oxygen atoms in total. The lowest BCUT2D eigenvalue weighted by molar-refractivity contribution is 0.668. The first-order valence-corrected chi connectivity index (χ1v) is 19.0. The van der Waals surface area contributed by atoms with Crippen molar-refractivity contribution in [3.05, 3.63) is 182 Å². The minimum absolute atomic E-state index is 0.511. The SMILES string of the molecule is c1ccc(-c2nc(-c3cc(-n4c5ccccc5c5ccccc54)cc4c3oc3cccc(-c5ccccc5)c34)nc(-c3cccc4oc5ccccc5c34)n2)cc1. The van der Waals surface area contributed by atoms with Gasteiger partial charge in [0.15, 0.2) is 17.5 Å². The van der Waals surface area contributed by atoms with E-state index in [9.17, 15) is 0 Å². The van der Waals surface area contributed by atoms with Gasteiger partial charge in [-0.3, -0.25) is 0 Å². The van der Waals surface area contributed by atoms with Crippen LogP contribution in [0.15, 0.2) is 191 Å². The highest BCUT2D eigenvalue weighted by atomic mass is 16.3. The van der Waals surface area contributed by atoms with Crippen molar-refractivity contribution in [2.45, 2.75) is 0 Å². The van der Waals surface area contributed by atoms with Crippen molar-refractivity contribution in [1.82, 2.24) is 19.5 Å². The van der Waals surface area contributed by atoms with E-state index in [1.165, 1.54) is 10.8 Å². The lowest BCUT2D eigenvalue weighted by Crippen LogP contribution is -2.02. The summed E-state index contributed by atoms with van der Waals surface area (Å²) in [6.07, 6.45) is 0. The van der Waals surface area contributed by atoms with Crippen LogP contribution >= 0.6 is 0 Å². The van der Waals surface area contributed by atoms with Crippen LogP contribution in [0, 0.1) is 0 Å². The molecule has 8 aromatic carbocycles. The largest absolute Gasteiger partial charge is 0.456 e. The molecular formula is C51H30N4O2. The fourth-order valence-corrected chi connectivity index (χ4v) is 8.56. The van der Waals surface area contributed by atoms with Crippen LogP contribution in [0.25, 0.3) is 117 Å². The van der Waals surface area contributed by atoms with Crippen LogP contribution in [0.1, 0.15) is 0 Å². The van der Waals surface area contributed by atoms with Gasteiger partial charge < -0.3 is 13.4 Å². The van der Waals surface area contributed by atoms with Gasteiger partial charge in [-0.1, -0.05) is 140 Å². The average molecular weight is 731 g/mol. The summed E-state index contributed by atoms with van der Waals surface area (Å²) in [5, 5.41) is 6.36. The van der Waals surface area contributed by atoms with Gasteiger partial charge in [0.2, 0.25) is 0 Å². The van der Waals surface area contributed by atoms with Crippen LogP contribution in [-0.2, 0) is 0 Å². The minimum atomic E-state index is 0.511. The number of hydrogen-bond donors (Lipinski definition) is 0. The average Bonchev–Trinajstić information content (AvgIpc) is 3.96. The van der Waals surface area contributed by atoms with Gasteiger partial charge in [-0.25, -0.2) is 15.0 Å². The lowest BCUT2D eigenvalue weighted by atomic mass is 9.98. The summed E-state index contributed by atoms with van der Waals surface area (Å²) in [6.45, 7) is 0. The molecule has 0 bridgehead atoms. The number of aromatic nitrogens is 4. The molecule has 57 heavy (non-hydrogen) atoms. The molecule has 0 aliphatic heterocycles. The zero-order valence-electron chi connectivity index (χ0n) is 30.4. The van der Waals surface area contributed by atoms with Gasteiger partial charge in [0.05, 0.1) is 16.6 Å². The van der Waals surface area contributed by atoms with Gasteiger partial charge >= 0.3 is 0 Å². The van der Waals surface area contributed by atoms with Crippen molar-refractivity contribution in [2.75, 3.05) is 0 Å². The van der Waals surface area contributed by atoms with E-state index >= 15 is 0 Å². The molecule has 0 radical (unpaired) electrons. The molecule has 0 spiro atoms. The Hall–Kier alpha value is -7.83. The van der Waals surface area contributed by atoms with Gasteiger partial charge in [0, 0.05) is 49.1 Å². The molecule has 0 saturated heterocycles. The van der Waals surface area contributed by atoms with Gasteiger partial charge in [0.25, 0.3) is 0 Å². The molecule has 0 unspecified atom stereocenters. The maximum absolute atomic E-state index is 6.93. The van der Waals surface area contributed by atoms with Crippen LogP contribution in [-0.4, -0.2) is 19.5 Å². The number of nitrogens with zero attached hydrogens (tertiary/aromatic N) is 4. The number of hydrogen-bond acceptors (Lipinski definition) is 5. The first-order chi connectivity index (χ1) is 28.3. The van der Waals surface area contributed by atoms with Crippen molar-refractivity contribution in [2.24, 2.45) is 0 Å². The maximum Gasteiger partial charge on any atom is 0.167 e. The van der Waals surface area contributed by atoms with Crippen LogP contribution in [0.2, 0.25) is 0 Å². The van der Waals surface area contributed by atoms with E-state index in [-0.39, 0.29) is 0 Å². The van der Waals surface area contributed by atoms with Crippen LogP contribution in [0.4, 0.5) is 0 Å². The Labute approximate surface area is 325 Å². The Kier molecular flexibility index (Phi) is 6.83. The second-order valence-electron chi connectivity index (χ2n) is 14.3. The highest BCUT2D eigenvalue weighted by Crippen LogP contribution is 2.44. The van der Waals surface area contributed by atoms with Crippen molar-refractivity contribution < 1.29 is 8.83 Å². The Morgan fingerprint density at radius 1 is 0.351 bits per heavy atom. The summed E-state index contributed by atoms with van der Waals surface area (Å²) in [7, 11) is 0. The lowest BCUT2D eigenvalue weighted by Gasteiger charge is -2.13. The molecule has 0 aliphatic rings. The molecule has 0 saturated carbocycles. The zero-order chi connectivity index (χ0) is 37.5. The molecule has 0 N–H and O–H groups in total. The van der Waals surface area contributed by atoms with E-state index in [4.69, 9.17) is 23.8 Å². The molecule has 6 heteroatoms. The van der Waals surface area contributed by atoms with E-state index in [1.807, 2.05) is 72.8 Å². The monoisotopic (exact) mass is 730 g/mol. The summed E-state index contributed by atoms with van der Waals surface area (Å²) in [5.41, 5.74) is 11.0. The third kappa shape index (κ3) is 4.87. The van der Waals surface area contributed by atoms with Crippen LogP contribution < -0.4 is 0 Å². The van der Waals surface area contributed by atoms with Crippen LogP contribution in [0.5, 0.6) is 0 Å². The molecule has 4 aromatic heterocycles. The topological polar surface area (TPSA) is 69.9 Å². The highest BCUT2D eigenvalue weighted by Gasteiger charge is 2.24. The summed E-state index contributed by atoms with van der Waals surface area (Å²) in [4.78, 5) is 15.8. The van der Waals surface area contributed by atoms with E-state index in [0.29, 0.717) is 23.1 Å². The quantitative estimate of drug-likeness (QED) is 0.176. The van der Waals surface area contributed by atoms with E-state index in [0.717, 1.165) is 82.8 Å². The molecule has 266 valence electrons. The van der Waals surface area contributed by atoms with Crippen molar-refractivity contribution in [1.29, 1.82) is 0 Å². The third-order valence-corrected chi connectivity index (χ3v) is 11.1. The molecule has 0 amide bonds. The van der Waals surface area contributed by atoms with Crippen molar-refractivity contribution in [3.8, 4) is 51.0 Å². The minimum Gasteiger partial charge on any atom is -0.456 e. The second kappa shape index (κ2) is 12.3. The predicted molar refractivity (Wildman–Crippen MR) is 230 cm³/mol. The highest BCUT2D eigenvalue weighted by molar-refractivity contribution is 6.17. The van der Waals surface area contributed by atoms with Crippen molar-refractivity contribution in [3.63, 3.8) is 0 Å². The van der Waals surface area contributed by atoms with E-state index in [2.05, 4.69) is 114 Å². The summed E-state index contributed by atoms with van der Waals surface area (Å²) >= 11 is 0. The summed E-state index contributed by atoms with van der Waals surface area (Å²) in [6, 6.07) is 62.6. The molecule has 0 fully saturated rings. The Balaban J connectivity index is 1.21. The number of rotatable bonds is 5. The Morgan fingerprint density at radius 2 is 0.877 bits per heavy atom. The summed E-state index contributed by atoms with van der Waals surface area (Å²) < 4.78 is 15.6. The molecule has 12 aromatic rings. The van der Waals surface area contributed by atoms with Gasteiger partial charge in [-0.15, -0.1) is 0 Å². The second-order valence-corrected chi connectivity index (χ2v) is 14.3. The standard InChI is InChI=1S/C51H30N4O2/c1-3-15-31(16-4-1)34-22-13-28-45-46(34)39-29-33(55-41-24-10-7-19-35(41)36-20-8-11-25-42(36)55)30-40(48(39)57-45)51-53-49(32-17-5-2-6-18-32)52-50(54-51)38-23-14-27-44-47(38)37-21-9-12-26-43(37)56-44/h1-30H. The number of para-hydroxylation sites is 3. The fraction of sp³-hybridized carbons (Fsp3) is 0. The predicted octanol–water partition coefficient (Wildman–Crippen LogP) is 13.4. The Bertz CT molecular complexity index is 3470. The normalized spacial score (nSPS) is 11.9. The van der Waals surface area contributed by atoms with E-state index in [1.54, 1.807) is 0 Å². The summed E-state index contributed by atoms with van der Waals surface area (Å²) in [5.74, 6) is 1.63. The van der Waals surface area contributed by atoms with Gasteiger partial charge in [-0.05, 0) is 53.6 Å². The van der Waals surface area contributed by atoms with Gasteiger partial charge in [-0.2, -0.15) is 0 Å². The molecule has 4 heterocycles. The molecule has 12 rings (SSSR count). The molecular weight excluding hydrogens is 701 g/mol. The van der Waals surface area contributed by atoms with Crippen LogP contribution in [0.3, 0.4) is 0 Å². The first kappa shape index (κ1) is 31.5. The molecule has 0 atom stereocenters. The number of benzene rings is 8. The number of fused-ring (bicyclic) bond motifs is 9.